The van der Waals surface area contributed by atoms with E-state index < -0.39 is 11.0 Å². The average Bonchev–Trinajstić information content (AvgIpc) is 2.67. The monoisotopic (exact) mass is 422 g/mol. The number of methoxy groups -OCH3 is 1. The second-order valence-electron chi connectivity index (χ2n) is 5.41. The number of hydrogen-bond acceptors (Lipinski definition) is 5. The van der Waals surface area contributed by atoms with Crippen molar-refractivity contribution in [2.75, 3.05) is 19.0 Å². The number of alkyl halides is 1. The zero-order chi connectivity index (χ0) is 18.9. The lowest BCUT2D eigenvalue weighted by Crippen LogP contribution is -2.32. The number of nitrogens with one attached hydrogen (secondary N) is 1. The van der Waals surface area contributed by atoms with Gasteiger partial charge in [-0.3, -0.25) is 14.9 Å². The standard InChI is InChI=1S/C18H19BrN2O5/c1-25-18-14(8-5-9-16(18)21(23)24)15(20-17(22)10-19)12-26-11-13-6-3-2-4-7-13/h2-9,15H,10-12H2,1H3,(H,20,22)/t15-/m0/s1. The van der Waals surface area contributed by atoms with Crippen molar-refractivity contribution in [3.05, 3.63) is 69.8 Å². The van der Waals surface area contributed by atoms with Gasteiger partial charge < -0.3 is 14.8 Å². The van der Waals surface area contributed by atoms with E-state index in [-0.39, 0.29) is 29.3 Å². The van der Waals surface area contributed by atoms with Gasteiger partial charge >= 0.3 is 5.69 Å². The second kappa shape index (κ2) is 9.88. The first-order valence-electron chi connectivity index (χ1n) is 7.85. The number of nitro benzene ring substituents is 1. The number of nitro groups is 1. The van der Waals surface area contributed by atoms with Gasteiger partial charge in [-0.1, -0.05) is 58.4 Å². The molecule has 2 rings (SSSR count). The molecule has 8 heteroatoms. The molecule has 2 aromatic rings. The summed E-state index contributed by atoms with van der Waals surface area (Å²) in [5.41, 5.74) is 1.32. The predicted molar refractivity (Wildman–Crippen MR) is 100 cm³/mol. The SMILES string of the molecule is COc1c([C@H](COCc2ccccc2)NC(=O)CBr)cccc1[N+](=O)[O-]. The highest BCUT2D eigenvalue weighted by Gasteiger charge is 2.25. The van der Waals surface area contributed by atoms with E-state index in [0.29, 0.717) is 12.2 Å². The van der Waals surface area contributed by atoms with Crippen molar-refractivity contribution in [3.8, 4) is 5.75 Å². The van der Waals surface area contributed by atoms with Gasteiger partial charge in [0.05, 0.1) is 36.6 Å². The number of halogens is 1. The number of nitrogens with zero attached hydrogens (tertiary/aromatic N) is 1. The predicted octanol–water partition coefficient (Wildman–Crippen LogP) is 3.37. The Morgan fingerprint density at radius 1 is 1.23 bits per heavy atom. The Kier molecular flexibility index (Phi) is 7.55. The third-order valence-corrected chi connectivity index (χ3v) is 4.16. The minimum atomic E-state index is -0.585. The zero-order valence-corrected chi connectivity index (χ0v) is 15.8. The third-order valence-electron chi connectivity index (χ3n) is 3.65. The average molecular weight is 423 g/mol. The summed E-state index contributed by atoms with van der Waals surface area (Å²) < 4.78 is 11.0. The van der Waals surface area contributed by atoms with Crippen LogP contribution in [0, 0.1) is 10.1 Å². The maximum Gasteiger partial charge on any atom is 0.311 e. The van der Waals surface area contributed by atoms with Crippen LogP contribution in [0.2, 0.25) is 0 Å². The fraction of sp³-hybridized carbons (Fsp3) is 0.278. The van der Waals surface area contributed by atoms with E-state index >= 15 is 0 Å². The number of hydrogen-bond donors (Lipinski definition) is 1. The normalized spacial score (nSPS) is 11.6. The molecule has 138 valence electrons. The van der Waals surface area contributed by atoms with Gasteiger partial charge in [-0.2, -0.15) is 0 Å². The molecule has 0 aliphatic rings. The molecule has 1 N–H and O–H groups in total. The van der Waals surface area contributed by atoms with Gasteiger partial charge in [-0.15, -0.1) is 0 Å². The van der Waals surface area contributed by atoms with E-state index in [1.165, 1.54) is 13.2 Å². The van der Waals surface area contributed by atoms with Crippen LogP contribution in [0.1, 0.15) is 17.2 Å². The summed E-state index contributed by atoms with van der Waals surface area (Å²) in [5, 5.41) is 14.1. The first kappa shape index (κ1) is 19.9. The summed E-state index contributed by atoms with van der Waals surface area (Å²) in [7, 11) is 1.36. The molecule has 1 atom stereocenters. The van der Waals surface area contributed by atoms with Gasteiger partial charge in [-0.25, -0.2) is 0 Å². The van der Waals surface area contributed by atoms with Crippen LogP contribution in [-0.2, 0) is 16.1 Å². The topological polar surface area (TPSA) is 90.7 Å². The van der Waals surface area contributed by atoms with Crippen molar-refractivity contribution in [1.82, 2.24) is 5.32 Å². The molecule has 0 radical (unpaired) electrons. The van der Waals surface area contributed by atoms with E-state index in [1.807, 2.05) is 30.3 Å². The Labute approximate surface area is 159 Å². The van der Waals surface area contributed by atoms with Crippen molar-refractivity contribution >= 4 is 27.5 Å². The van der Waals surface area contributed by atoms with Crippen LogP contribution in [0.5, 0.6) is 5.75 Å². The number of para-hydroxylation sites is 1. The molecule has 26 heavy (non-hydrogen) atoms. The molecule has 0 aliphatic carbocycles. The lowest BCUT2D eigenvalue weighted by Gasteiger charge is -2.21. The number of ether oxygens (including phenoxy) is 2. The van der Waals surface area contributed by atoms with E-state index in [1.54, 1.807) is 12.1 Å². The molecule has 1 amide bonds. The second-order valence-corrected chi connectivity index (χ2v) is 5.97. The fourth-order valence-corrected chi connectivity index (χ4v) is 2.66. The lowest BCUT2D eigenvalue weighted by molar-refractivity contribution is -0.385. The summed E-state index contributed by atoms with van der Waals surface area (Å²) in [6, 6.07) is 13.6. The molecule has 0 aliphatic heterocycles. The van der Waals surface area contributed by atoms with Gasteiger partial charge in [0.15, 0.2) is 0 Å². The van der Waals surface area contributed by atoms with Gasteiger partial charge in [-0.05, 0) is 5.56 Å². The summed E-state index contributed by atoms with van der Waals surface area (Å²) in [6.07, 6.45) is 0. The van der Waals surface area contributed by atoms with E-state index in [9.17, 15) is 14.9 Å². The van der Waals surface area contributed by atoms with Crippen molar-refractivity contribution in [3.63, 3.8) is 0 Å². The van der Waals surface area contributed by atoms with Crippen molar-refractivity contribution in [2.45, 2.75) is 12.6 Å². The lowest BCUT2D eigenvalue weighted by atomic mass is 10.0. The molecule has 0 fully saturated rings. The van der Waals surface area contributed by atoms with Crippen LogP contribution >= 0.6 is 15.9 Å². The quantitative estimate of drug-likeness (QED) is 0.380. The van der Waals surface area contributed by atoms with Gasteiger partial charge in [0.1, 0.15) is 0 Å². The molecule has 0 heterocycles. The minimum Gasteiger partial charge on any atom is -0.490 e. The largest absolute Gasteiger partial charge is 0.490 e. The van der Waals surface area contributed by atoms with Gasteiger partial charge in [0.25, 0.3) is 0 Å². The van der Waals surface area contributed by atoms with E-state index in [4.69, 9.17) is 9.47 Å². The highest BCUT2D eigenvalue weighted by Crippen LogP contribution is 2.34. The highest BCUT2D eigenvalue weighted by atomic mass is 79.9. The molecule has 7 nitrogen and oxygen atoms in total. The molecule has 0 spiro atoms. The Bertz CT molecular complexity index is 755. The summed E-state index contributed by atoms with van der Waals surface area (Å²) >= 11 is 3.10. The zero-order valence-electron chi connectivity index (χ0n) is 14.2. The number of benzene rings is 2. The van der Waals surface area contributed by atoms with Gasteiger partial charge in [0.2, 0.25) is 11.7 Å². The van der Waals surface area contributed by atoms with Crippen LogP contribution in [0.3, 0.4) is 0 Å². The van der Waals surface area contributed by atoms with Crippen molar-refractivity contribution in [2.24, 2.45) is 0 Å². The molecular weight excluding hydrogens is 404 g/mol. The third kappa shape index (κ3) is 5.27. The highest BCUT2D eigenvalue weighted by molar-refractivity contribution is 9.09. The Balaban J connectivity index is 2.22. The Morgan fingerprint density at radius 3 is 2.58 bits per heavy atom. The smallest absolute Gasteiger partial charge is 0.311 e. The fourth-order valence-electron chi connectivity index (χ4n) is 2.49. The maximum atomic E-state index is 11.9. The molecule has 0 bridgehead atoms. The minimum absolute atomic E-state index is 0.111. The molecule has 2 aromatic carbocycles. The van der Waals surface area contributed by atoms with E-state index in [2.05, 4.69) is 21.2 Å². The number of carbonyl (C=O) groups excluding carboxylic acids is 1. The van der Waals surface area contributed by atoms with E-state index in [0.717, 1.165) is 5.56 Å². The van der Waals surface area contributed by atoms with Crippen LogP contribution in [-0.4, -0.2) is 29.9 Å². The maximum absolute atomic E-state index is 11.9. The van der Waals surface area contributed by atoms with Crippen molar-refractivity contribution < 1.29 is 19.2 Å². The number of rotatable bonds is 9. The summed E-state index contributed by atoms with van der Waals surface area (Å²) in [4.78, 5) is 22.6. The van der Waals surface area contributed by atoms with Crippen LogP contribution in [0.4, 0.5) is 5.69 Å². The van der Waals surface area contributed by atoms with Crippen LogP contribution < -0.4 is 10.1 Å². The molecule has 0 saturated heterocycles. The van der Waals surface area contributed by atoms with Crippen LogP contribution in [0.25, 0.3) is 0 Å². The molecule has 0 unspecified atom stereocenters. The summed E-state index contributed by atoms with van der Waals surface area (Å²) in [6.45, 7) is 0.504. The van der Waals surface area contributed by atoms with Crippen LogP contribution in [0.15, 0.2) is 48.5 Å². The summed E-state index contributed by atoms with van der Waals surface area (Å²) in [5.74, 6) is -0.146. The Morgan fingerprint density at radius 2 is 1.96 bits per heavy atom. The first-order chi connectivity index (χ1) is 12.6. The molecule has 0 aromatic heterocycles. The molecular formula is C18H19BrN2O5. The molecule has 0 saturated carbocycles. The number of carbonyl (C=O) groups is 1. The number of amides is 1. The Hall–Kier alpha value is -2.45. The van der Waals surface area contributed by atoms with Crippen molar-refractivity contribution in [1.29, 1.82) is 0 Å². The first-order valence-corrected chi connectivity index (χ1v) is 8.97. The van der Waals surface area contributed by atoms with Gasteiger partial charge in [0, 0.05) is 11.6 Å².